The van der Waals surface area contributed by atoms with Crippen LogP contribution in [0.1, 0.15) is 24.0 Å². The summed E-state index contributed by atoms with van der Waals surface area (Å²) in [7, 11) is -1.77. The zero-order valence-corrected chi connectivity index (χ0v) is 16.8. The molecule has 0 amide bonds. The van der Waals surface area contributed by atoms with Crippen LogP contribution in [0.15, 0.2) is 42.5 Å². The number of nitrogens with zero attached hydrogens (tertiary/aromatic N) is 1. The van der Waals surface area contributed by atoms with Crippen LogP contribution in [0.5, 0.6) is 11.5 Å². The molecule has 0 saturated heterocycles. The SMILES string of the molecule is CN1CCc2c(cccc2Oc2ccc(NS(=O)(=O)CCCC(F)(F)F)cc2)C1. The van der Waals surface area contributed by atoms with Gasteiger partial charge in [0.15, 0.2) is 0 Å². The topological polar surface area (TPSA) is 58.6 Å². The quantitative estimate of drug-likeness (QED) is 0.703. The van der Waals surface area contributed by atoms with Crippen molar-refractivity contribution in [2.24, 2.45) is 0 Å². The summed E-state index contributed by atoms with van der Waals surface area (Å²) < 4.78 is 68.7. The fourth-order valence-electron chi connectivity index (χ4n) is 3.22. The van der Waals surface area contributed by atoms with E-state index in [0.29, 0.717) is 5.75 Å². The first-order chi connectivity index (χ1) is 13.6. The second-order valence-electron chi connectivity index (χ2n) is 7.15. The van der Waals surface area contributed by atoms with Gasteiger partial charge in [-0.1, -0.05) is 12.1 Å². The lowest BCUT2D eigenvalue weighted by molar-refractivity contribution is -0.134. The summed E-state index contributed by atoms with van der Waals surface area (Å²) in [6.45, 7) is 1.81. The molecule has 3 rings (SSSR count). The molecular formula is C20H23F3N2O3S. The number of halogens is 3. The molecular weight excluding hydrogens is 405 g/mol. The Kier molecular flexibility index (Phi) is 6.38. The van der Waals surface area contributed by atoms with Crippen molar-refractivity contribution in [3.63, 3.8) is 0 Å². The number of nitrogens with one attached hydrogen (secondary N) is 1. The molecule has 0 radical (unpaired) electrons. The van der Waals surface area contributed by atoms with Gasteiger partial charge in [0.1, 0.15) is 11.5 Å². The third-order valence-corrected chi connectivity index (χ3v) is 6.02. The molecule has 0 unspecified atom stereocenters. The Bertz CT molecular complexity index is 944. The predicted molar refractivity (Wildman–Crippen MR) is 106 cm³/mol. The summed E-state index contributed by atoms with van der Waals surface area (Å²) in [5.41, 5.74) is 2.67. The molecule has 1 aliphatic heterocycles. The first-order valence-corrected chi connectivity index (χ1v) is 10.9. The Morgan fingerprint density at radius 3 is 2.55 bits per heavy atom. The van der Waals surface area contributed by atoms with Crippen molar-refractivity contribution in [1.82, 2.24) is 4.90 Å². The summed E-state index contributed by atoms with van der Waals surface area (Å²) in [6, 6.07) is 12.2. The summed E-state index contributed by atoms with van der Waals surface area (Å²) in [4.78, 5) is 2.24. The van der Waals surface area contributed by atoms with Crippen LogP contribution < -0.4 is 9.46 Å². The largest absolute Gasteiger partial charge is 0.457 e. The molecule has 0 spiro atoms. The molecule has 0 saturated carbocycles. The van der Waals surface area contributed by atoms with Crippen molar-refractivity contribution >= 4 is 15.7 Å². The predicted octanol–water partition coefficient (Wildman–Crippen LogP) is 4.55. The number of fused-ring (bicyclic) bond motifs is 1. The minimum absolute atomic E-state index is 0.279. The van der Waals surface area contributed by atoms with Crippen LogP contribution in [0.4, 0.5) is 18.9 Å². The van der Waals surface area contributed by atoms with Gasteiger partial charge in [0.05, 0.1) is 5.75 Å². The monoisotopic (exact) mass is 428 g/mol. The highest BCUT2D eigenvalue weighted by Crippen LogP contribution is 2.31. The minimum atomic E-state index is -4.36. The van der Waals surface area contributed by atoms with Crippen molar-refractivity contribution in [1.29, 1.82) is 0 Å². The molecule has 0 aliphatic carbocycles. The summed E-state index contributed by atoms with van der Waals surface area (Å²) in [5, 5.41) is 0. The van der Waals surface area contributed by atoms with E-state index in [-0.39, 0.29) is 5.69 Å². The van der Waals surface area contributed by atoms with Gasteiger partial charge in [-0.05, 0) is 55.8 Å². The lowest BCUT2D eigenvalue weighted by Crippen LogP contribution is -2.26. The molecule has 2 aromatic rings. The molecule has 2 aromatic carbocycles. The highest BCUT2D eigenvalue weighted by atomic mass is 32.2. The van der Waals surface area contributed by atoms with Gasteiger partial charge < -0.3 is 9.64 Å². The average Bonchev–Trinajstić information content (AvgIpc) is 2.61. The van der Waals surface area contributed by atoms with E-state index in [1.54, 1.807) is 12.1 Å². The number of ether oxygens (including phenoxy) is 1. The zero-order valence-electron chi connectivity index (χ0n) is 16.0. The van der Waals surface area contributed by atoms with Crippen molar-refractivity contribution in [3.8, 4) is 11.5 Å². The molecule has 1 heterocycles. The van der Waals surface area contributed by atoms with E-state index in [2.05, 4.69) is 22.7 Å². The minimum Gasteiger partial charge on any atom is -0.457 e. The van der Waals surface area contributed by atoms with Crippen LogP contribution in [-0.4, -0.2) is 38.8 Å². The van der Waals surface area contributed by atoms with Crippen LogP contribution >= 0.6 is 0 Å². The van der Waals surface area contributed by atoms with Crippen molar-refractivity contribution in [2.75, 3.05) is 24.1 Å². The van der Waals surface area contributed by atoms with Gasteiger partial charge in [-0.25, -0.2) is 8.42 Å². The Morgan fingerprint density at radius 1 is 1.14 bits per heavy atom. The van der Waals surface area contributed by atoms with E-state index in [1.165, 1.54) is 23.3 Å². The standard InChI is InChI=1S/C20H23F3N2O3S/c1-25-12-10-18-15(14-25)4-2-5-19(18)28-17-8-6-16(7-9-17)24-29(26,27)13-3-11-20(21,22)23/h2,4-9,24H,3,10-14H2,1H3. The Hall–Kier alpha value is -2.26. The van der Waals surface area contributed by atoms with Gasteiger partial charge >= 0.3 is 6.18 Å². The van der Waals surface area contributed by atoms with Crippen molar-refractivity contribution in [2.45, 2.75) is 32.0 Å². The van der Waals surface area contributed by atoms with Crippen LogP contribution in [-0.2, 0) is 23.0 Å². The average molecular weight is 428 g/mol. The number of likely N-dealkylation sites (N-methyl/N-ethyl adjacent to an activating group) is 1. The molecule has 0 atom stereocenters. The highest BCUT2D eigenvalue weighted by molar-refractivity contribution is 7.92. The molecule has 0 bridgehead atoms. The normalized spacial score (nSPS) is 15.0. The molecule has 0 aromatic heterocycles. The molecule has 5 nitrogen and oxygen atoms in total. The number of benzene rings is 2. The molecule has 1 N–H and O–H groups in total. The maximum atomic E-state index is 12.2. The van der Waals surface area contributed by atoms with E-state index >= 15 is 0 Å². The van der Waals surface area contributed by atoms with E-state index in [9.17, 15) is 21.6 Å². The summed E-state index contributed by atoms with van der Waals surface area (Å²) in [5.74, 6) is 0.739. The van der Waals surface area contributed by atoms with E-state index in [1.807, 2.05) is 12.1 Å². The Morgan fingerprint density at radius 2 is 1.86 bits per heavy atom. The lowest BCUT2D eigenvalue weighted by Gasteiger charge is -2.26. The van der Waals surface area contributed by atoms with Gasteiger partial charge in [0.25, 0.3) is 0 Å². The van der Waals surface area contributed by atoms with Gasteiger partial charge in [-0.3, -0.25) is 4.72 Å². The fourth-order valence-corrected chi connectivity index (χ4v) is 4.34. The number of alkyl halides is 3. The zero-order chi connectivity index (χ0) is 21.1. The fraction of sp³-hybridized carbons (Fsp3) is 0.400. The summed E-state index contributed by atoms with van der Waals surface area (Å²) >= 11 is 0. The van der Waals surface area contributed by atoms with E-state index < -0.39 is 34.8 Å². The van der Waals surface area contributed by atoms with E-state index in [0.717, 1.165) is 25.3 Å². The van der Waals surface area contributed by atoms with Gasteiger partial charge in [-0.2, -0.15) is 13.2 Å². The van der Waals surface area contributed by atoms with Crippen LogP contribution in [0.25, 0.3) is 0 Å². The Balaban J connectivity index is 1.62. The van der Waals surface area contributed by atoms with Crippen LogP contribution in [0, 0.1) is 0 Å². The maximum Gasteiger partial charge on any atom is 0.389 e. The number of anilines is 1. The van der Waals surface area contributed by atoms with Crippen LogP contribution in [0.2, 0.25) is 0 Å². The molecule has 158 valence electrons. The van der Waals surface area contributed by atoms with Crippen molar-refractivity contribution < 1.29 is 26.3 Å². The molecule has 29 heavy (non-hydrogen) atoms. The van der Waals surface area contributed by atoms with Gasteiger partial charge in [0, 0.05) is 30.8 Å². The summed E-state index contributed by atoms with van der Waals surface area (Å²) in [6.07, 6.45) is -5.08. The highest BCUT2D eigenvalue weighted by Gasteiger charge is 2.27. The smallest absolute Gasteiger partial charge is 0.389 e. The number of rotatable bonds is 7. The van der Waals surface area contributed by atoms with Gasteiger partial charge in [-0.15, -0.1) is 0 Å². The van der Waals surface area contributed by atoms with Gasteiger partial charge in [0.2, 0.25) is 10.0 Å². The first kappa shape index (κ1) is 21.4. The number of hydrogen-bond acceptors (Lipinski definition) is 4. The Labute approximate surface area is 168 Å². The lowest BCUT2D eigenvalue weighted by atomic mass is 9.99. The second-order valence-corrected chi connectivity index (χ2v) is 8.99. The van der Waals surface area contributed by atoms with E-state index in [4.69, 9.17) is 4.74 Å². The van der Waals surface area contributed by atoms with Crippen molar-refractivity contribution in [3.05, 3.63) is 53.6 Å². The first-order valence-electron chi connectivity index (χ1n) is 9.26. The number of sulfonamides is 1. The second kappa shape index (κ2) is 8.62. The number of hydrogen-bond donors (Lipinski definition) is 1. The maximum absolute atomic E-state index is 12.2. The third-order valence-electron chi connectivity index (χ3n) is 4.64. The molecule has 1 aliphatic rings. The third kappa shape index (κ3) is 6.37. The molecule has 9 heteroatoms. The molecule has 0 fully saturated rings. The van der Waals surface area contributed by atoms with Crippen LogP contribution in [0.3, 0.4) is 0 Å².